The maximum Gasteiger partial charge on any atom is 0.0552 e. The zero-order valence-electron chi connectivity index (χ0n) is 14.5. The van der Waals surface area contributed by atoms with Gasteiger partial charge in [-0.1, -0.05) is 13.8 Å². The van der Waals surface area contributed by atoms with Gasteiger partial charge in [0.25, 0.3) is 0 Å². The Balaban J connectivity index is 2.58. The van der Waals surface area contributed by atoms with Crippen molar-refractivity contribution < 1.29 is 5.11 Å². The molecule has 0 radical (unpaired) electrons. The molecule has 3 nitrogen and oxygen atoms in total. The number of aliphatic hydroxyl groups excluding tert-OH is 1. The van der Waals surface area contributed by atoms with Gasteiger partial charge in [0.2, 0.25) is 0 Å². The Bertz CT molecular complexity index is 279. The molecule has 0 aromatic rings. The molecule has 0 bridgehead atoms. The Morgan fingerprint density at radius 2 is 1.85 bits per heavy atom. The topological polar surface area (TPSA) is 35.5 Å². The van der Waals surface area contributed by atoms with Crippen molar-refractivity contribution in [2.75, 3.05) is 26.2 Å². The zero-order valence-corrected chi connectivity index (χ0v) is 14.5. The average molecular weight is 284 g/mol. The predicted molar refractivity (Wildman–Crippen MR) is 87.0 cm³/mol. The molecule has 0 amide bonds. The quantitative estimate of drug-likeness (QED) is 0.754. The summed E-state index contributed by atoms with van der Waals surface area (Å²) < 4.78 is 0. The summed E-state index contributed by atoms with van der Waals surface area (Å²) in [4.78, 5) is 2.56. The number of rotatable bonds is 7. The van der Waals surface area contributed by atoms with Crippen LogP contribution in [-0.2, 0) is 0 Å². The Kier molecular flexibility index (Phi) is 6.49. The van der Waals surface area contributed by atoms with Gasteiger partial charge < -0.3 is 15.3 Å². The van der Waals surface area contributed by atoms with Gasteiger partial charge in [0, 0.05) is 25.2 Å². The molecule has 1 aliphatic rings. The molecular weight excluding hydrogens is 248 g/mol. The van der Waals surface area contributed by atoms with Gasteiger partial charge in [-0.05, 0) is 64.8 Å². The van der Waals surface area contributed by atoms with Crippen LogP contribution < -0.4 is 5.32 Å². The van der Waals surface area contributed by atoms with E-state index in [9.17, 15) is 5.11 Å². The number of aliphatic hydroxyl groups is 1. The molecule has 0 saturated carbocycles. The first kappa shape index (κ1) is 17.9. The van der Waals surface area contributed by atoms with Crippen LogP contribution in [0, 0.1) is 11.3 Å². The van der Waals surface area contributed by atoms with E-state index >= 15 is 0 Å². The van der Waals surface area contributed by atoms with Crippen molar-refractivity contribution in [2.24, 2.45) is 11.3 Å². The molecule has 0 aromatic carbocycles. The number of hydrogen-bond donors (Lipinski definition) is 2. The van der Waals surface area contributed by atoms with Crippen molar-refractivity contribution in [2.45, 2.75) is 72.4 Å². The van der Waals surface area contributed by atoms with Crippen molar-refractivity contribution in [3.05, 3.63) is 0 Å². The summed E-state index contributed by atoms with van der Waals surface area (Å²) in [7, 11) is 0. The first-order valence-electron chi connectivity index (χ1n) is 8.37. The van der Waals surface area contributed by atoms with Crippen molar-refractivity contribution >= 4 is 0 Å². The SMILES string of the molecule is CCC(CC)(CNC(C)(C)C)CN1CCC(C(C)O)C1. The molecule has 1 heterocycles. The van der Waals surface area contributed by atoms with Crippen LogP contribution in [-0.4, -0.2) is 47.8 Å². The lowest BCUT2D eigenvalue weighted by Gasteiger charge is -2.38. The van der Waals surface area contributed by atoms with Gasteiger partial charge in [-0.15, -0.1) is 0 Å². The molecule has 1 saturated heterocycles. The van der Waals surface area contributed by atoms with E-state index in [0.29, 0.717) is 11.3 Å². The van der Waals surface area contributed by atoms with E-state index in [1.54, 1.807) is 0 Å². The largest absolute Gasteiger partial charge is 0.393 e. The molecule has 1 rings (SSSR count). The van der Waals surface area contributed by atoms with Gasteiger partial charge in [-0.25, -0.2) is 0 Å². The summed E-state index contributed by atoms with van der Waals surface area (Å²) in [6.45, 7) is 17.7. The number of nitrogens with one attached hydrogen (secondary N) is 1. The van der Waals surface area contributed by atoms with E-state index in [2.05, 4.69) is 44.8 Å². The summed E-state index contributed by atoms with van der Waals surface area (Å²) in [5, 5.41) is 13.5. The Hall–Kier alpha value is -0.120. The second-order valence-electron chi connectivity index (χ2n) is 7.84. The van der Waals surface area contributed by atoms with Gasteiger partial charge in [-0.2, -0.15) is 0 Å². The van der Waals surface area contributed by atoms with E-state index in [4.69, 9.17) is 0 Å². The minimum absolute atomic E-state index is 0.162. The third-order valence-electron chi connectivity index (χ3n) is 5.04. The average Bonchev–Trinajstić information content (AvgIpc) is 2.82. The van der Waals surface area contributed by atoms with Crippen LogP contribution in [0.15, 0.2) is 0 Å². The van der Waals surface area contributed by atoms with Crippen LogP contribution in [0.1, 0.15) is 60.8 Å². The maximum atomic E-state index is 9.75. The highest BCUT2D eigenvalue weighted by molar-refractivity contribution is 4.89. The lowest BCUT2D eigenvalue weighted by Crippen LogP contribution is -2.48. The van der Waals surface area contributed by atoms with Gasteiger partial charge in [0.05, 0.1) is 6.10 Å². The third kappa shape index (κ3) is 5.34. The fourth-order valence-corrected chi connectivity index (χ4v) is 3.11. The maximum absolute atomic E-state index is 9.75. The van der Waals surface area contributed by atoms with E-state index in [1.165, 1.54) is 12.8 Å². The lowest BCUT2D eigenvalue weighted by atomic mass is 9.81. The number of nitrogens with zero attached hydrogens (tertiary/aromatic N) is 1. The molecule has 0 aliphatic carbocycles. The van der Waals surface area contributed by atoms with Crippen molar-refractivity contribution in [3.8, 4) is 0 Å². The van der Waals surface area contributed by atoms with Crippen molar-refractivity contribution in [3.63, 3.8) is 0 Å². The van der Waals surface area contributed by atoms with Crippen LogP contribution in [0.25, 0.3) is 0 Å². The van der Waals surface area contributed by atoms with E-state index < -0.39 is 0 Å². The molecule has 0 spiro atoms. The summed E-state index contributed by atoms with van der Waals surface area (Å²) >= 11 is 0. The molecule has 0 aromatic heterocycles. The van der Waals surface area contributed by atoms with Crippen LogP contribution in [0.4, 0.5) is 0 Å². The van der Waals surface area contributed by atoms with Gasteiger partial charge >= 0.3 is 0 Å². The van der Waals surface area contributed by atoms with Crippen LogP contribution in [0.3, 0.4) is 0 Å². The highest BCUT2D eigenvalue weighted by Gasteiger charge is 2.34. The van der Waals surface area contributed by atoms with Gasteiger partial charge in [0.1, 0.15) is 0 Å². The van der Waals surface area contributed by atoms with Crippen molar-refractivity contribution in [1.82, 2.24) is 10.2 Å². The Labute approximate surface area is 126 Å². The van der Waals surface area contributed by atoms with E-state index in [-0.39, 0.29) is 11.6 Å². The van der Waals surface area contributed by atoms with E-state index in [0.717, 1.165) is 32.6 Å². The standard InChI is InChI=1S/C17H36N2O/c1-7-17(8-2,12-18-16(4,5)6)13-19-10-9-15(11-19)14(3)20/h14-15,18,20H,7-13H2,1-6H3. The van der Waals surface area contributed by atoms with Gasteiger partial charge in [-0.3, -0.25) is 0 Å². The van der Waals surface area contributed by atoms with E-state index in [1.807, 2.05) is 6.92 Å². The minimum atomic E-state index is -0.162. The zero-order chi connectivity index (χ0) is 15.4. The molecule has 1 fully saturated rings. The molecule has 20 heavy (non-hydrogen) atoms. The number of likely N-dealkylation sites (tertiary alicyclic amines) is 1. The van der Waals surface area contributed by atoms with Gasteiger partial charge in [0.15, 0.2) is 0 Å². The predicted octanol–water partition coefficient (Wildman–Crippen LogP) is 2.88. The van der Waals surface area contributed by atoms with Crippen molar-refractivity contribution in [1.29, 1.82) is 0 Å². The van der Waals surface area contributed by atoms with Crippen LogP contribution >= 0.6 is 0 Å². The highest BCUT2D eigenvalue weighted by Crippen LogP contribution is 2.30. The fourth-order valence-electron chi connectivity index (χ4n) is 3.11. The minimum Gasteiger partial charge on any atom is -0.393 e. The second-order valence-corrected chi connectivity index (χ2v) is 7.84. The Morgan fingerprint density at radius 1 is 1.25 bits per heavy atom. The molecule has 1 aliphatic heterocycles. The first-order chi connectivity index (χ1) is 9.21. The molecule has 2 atom stereocenters. The first-order valence-corrected chi connectivity index (χ1v) is 8.37. The third-order valence-corrected chi connectivity index (χ3v) is 5.04. The summed E-state index contributed by atoms with van der Waals surface area (Å²) in [5.41, 5.74) is 0.545. The van der Waals surface area contributed by atoms with Crippen LogP contribution in [0.2, 0.25) is 0 Å². The normalized spacial score (nSPS) is 23.2. The highest BCUT2D eigenvalue weighted by atomic mass is 16.3. The molecule has 3 heteroatoms. The summed E-state index contributed by atoms with van der Waals surface area (Å²) in [6.07, 6.45) is 3.41. The molecule has 120 valence electrons. The number of hydrogen-bond acceptors (Lipinski definition) is 3. The molecule has 2 N–H and O–H groups in total. The smallest absolute Gasteiger partial charge is 0.0552 e. The lowest BCUT2D eigenvalue weighted by molar-refractivity contribution is 0.110. The fraction of sp³-hybridized carbons (Fsp3) is 1.00. The second kappa shape index (κ2) is 7.24. The monoisotopic (exact) mass is 284 g/mol. The van der Waals surface area contributed by atoms with Crippen LogP contribution in [0.5, 0.6) is 0 Å². The molecular formula is C17H36N2O. The summed E-state index contributed by atoms with van der Waals surface area (Å²) in [6, 6.07) is 0. The Morgan fingerprint density at radius 3 is 2.25 bits per heavy atom. The summed E-state index contributed by atoms with van der Waals surface area (Å²) in [5.74, 6) is 0.469. The molecule has 2 unspecified atom stereocenters.